The Morgan fingerprint density at radius 3 is 3.00 bits per heavy atom. The lowest BCUT2D eigenvalue weighted by Crippen LogP contribution is -2.40. The Hall–Kier alpha value is -0.550. The minimum absolute atomic E-state index is 0.269. The molecule has 2 heterocycles. The van der Waals surface area contributed by atoms with Gasteiger partial charge < -0.3 is 4.57 Å². The lowest BCUT2D eigenvalue weighted by atomic mass is 9.95. The first-order valence-electron chi connectivity index (χ1n) is 5.31. The SMILES string of the molecule is CC(C)(CS)CN1CCn2cnnc2C1. The van der Waals surface area contributed by atoms with E-state index in [2.05, 4.69) is 46.1 Å². The van der Waals surface area contributed by atoms with Crippen molar-refractivity contribution in [3.63, 3.8) is 0 Å². The van der Waals surface area contributed by atoms with Crippen molar-refractivity contribution in [1.29, 1.82) is 0 Å². The Kier molecular flexibility index (Phi) is 3.02. The molecule has 0 radical (unpaired) electrons. The molecular weight excluding hydrogens is 208 g/mol. The van der Waals surface area contributed by atoms with Gasteiger partial charge in [0.2, 0.25) is 0 Å². The van der Waals surface area contributed by atoms with Gasteiger partial charge in [-0.05, 0) is 11.2 Å². The Bertz CT molecular complexity index is 334. The number of hydrogen-bond donors (Lipinski definition) is 1. The molecule has 0 N–H and O–H groups in total. The molecule has 0 spiro atoms. The molecule has 0 saturated heterocycles. The highest BCUT2D eigenvalue weighted by Crippen LogP contribution is 2.21. The molecule has 0 saturated carbocycles. The average molecular weight is 226 g/mol. The number of nitrogens with zero attached hydrogens (tertiary/aromatic N) is 4. The van der Waals surface area contributed by atoms with E-state index in [1.54, 1.807) is 0 Å². The first kappa shape index (κ1) is 11.0. The first-order valence-corrected chi connectivity index (χ1v) is 5.94. The summed E-state index contributed by atoms with van der Waals surface area (Å²) in [5, 5.41) is 8.04. The van der Waals surface area contributed by atoms with E-state index < -0.39 is 0 Å². The van der Waals surface area contributed by atoms with Gasteiger partial charge in [0, 0.05) is 19.6 Å². The molecule has 1 aromatic rings. The maximum atomic E-state index is 4.38. The maximum absolute atomic E-state index is 4.38. The van der Waals surface area contributed by atoms with Crippen LogP contribution in [-0.2, 0) is 13.1 Å². The van der Waals surface area contributed by atoms with Crippen LogP contribution in [0.15, 0.2) is 6.33 Å². The van der Waals surface area contributed by atoms with Crippen molar-refractivity contribution in [3.05, 3.63) is 12.2 Å². The van der Waals surface area contributed by atoms with Crippen molar-refractivity contribution in [1.82, 2.24) is 19.7 Å². The van der Waals surface area contributed by atoms with Crippen molar-refractivity contribution in [3.8, 4) is 0 Å². The third-order valence-corrected chi connectivity index (χ3v) is 3.65. The van der Waals surface area contributed by atoms with Gasteiger partial charge >= 0.3 is 0 Å². The van der Waals surface area contributed by atoms with E-state index in [1.165, 1.54) is 0 Å². The fraction of sp³-hybridized carbons (Fsp3) is 0.800. The van der Waals surface area contributed by atoms with Crippen LogP contribution in [0.1, 0.15) is 19.7 Å². The van der Waals surface area contributed by atoms with Crippen molar-refractivity contribution >= 4 is 12.6 Å². The zero-order valence-electron chi connectivity index (χ0n) is 9.35. The lowest BCUT2D eigenvalue weighted by molar-refractivity contribution is 0.157. The summed E-state index contributed by atoms with van der Waals surface area (Å²) in [6.07, 6.45) is 1.82. The summed E-state index contributed by atoms with van der Waals surface area (Å²) < 4.78 is 2.13. The zero-order chi connectivity index (χ0) is 10.9. The molecule has 1 aromatic heterocycles. The first-order chi connectivity index (χ1) is 7.11. The molecule has 0 aromatic carbocycles. The normalized spacial score (nSPS) is 17.8. The Balaban J connectivity index is 1.98. The van der Waals surface area contributed by atoms with Gasteiger partial charge in [-0.15, -0.1) is 10.2 Å². The van der Waals surface area contributed by atoms with Gasteiger partial charge in [0.05, 0.1) is 6.54 Å². The second-order valence-corrected chi connectivity index (χ2v) is 5.29. The van der Waals surface area contributed by atoms with Crippen molar-refractivity contribution in [2.45, 2.75) is 26.9 Å². The van der Waals surface area contributed by atoms with Crippen LogP contribution < -0.4 is 0 Å². The minimum Gasteiger partial charge on any atom is -0.315 e. The van der Waals surface area contributed by atoms with Crippen molar-refractivity contribution in [2.75, 3.05) is 18.8 Å². The minimum atomic E-state index is 0.269. The fourth-order valence-electron chi connectivity index (χ4n) is 1.91. The summed E-state index contributed by atoms with van der Waals surface area (Å²) in [4.78, 5) is 2.43. The highest BCUT2D eigenvalue weighted by atomic mass is 32.1. The largest absolute Gasteiger partial charge is 0.315 e. The average Bonchev–Trinajstić information content (AvgIpc) is 2.64. The van der Waals surface area contributed by atoms with Crippen LogP contribution in [0.3, 0.4) is 0 Å². The standard InChI is InChI=1S/C10H18N4S/c1-10(2,7-15)6-13-3-4-14-8-11-12-9(14)5-13/h8,15H,3-7H2,1-2H3. The topological polar surface area (TPSA) is 34.0 Å². The second kappa shape index (κ2) is 4.14. The van der Waals surface area contributed by atoms with E-state index in [1.807, 2.05) is 6.33 Å². The van der Waals surface area contributed by atoms with Crippen LogP contribution in [0.4, 0.5) is 0 Å². The second-order valence-electron chi connectivity index (χ2n) is 4.97. The van der Waals surface area contributed by atoms with Crippen LogP contribution in [-0.4, -0.2) is 38.5 Å². The summed E-state index contributed by atoms with van der Waals surface area (Å²) in [5.41, 5.74) is 0.269. The van der Waals surface area contributed by atoms with Gasteiger partial charge in [0.25, 0.3) is 0 Å². The van der Waals surface area contributed by atoms with Gasteiger partial charge in [-0.1, -0.05) is 13.8 Å². The van der Waals surface area contributed by atoms with Gasteiger partial charge in [-0.25, -0.2) is 0 Å². The molecule has 0 fully saturated rings. The number of fused-ring (bicyclic) bond motifs is 1. The number of thiol groups is 1. The third kappa shape index (κ3) is 2.52. The van der Waals surface area contributed by atoms with Gasteiger partial charge in [-0.2, -0.15) is 12.6 Å². The summed E-state index contributed by atoms with van der Waals surface area (Å²) in [6, 6.07) is 0. The molecule has 4 nitrogen and oxygen atoms in total. The summed E-state index contributed by atoms with van der Waals surface area (Å²) in [6.45, 7) is 8.58. The molecular formula is C10H18N4S. The molecule has 5 heteroatoms. The summed E-state index contributed by atoms with van der Waals surface area (Å²) in [7, 11) is 0. The van der Waals surface area contributed by atoms with Crippen LogP contribution in [0.2, 0.25) is 0 Å². The van der Waals surface area contributed by atoms with E-state index in [0.717, 1.165) is 37.8 Å². The monoisotopic (exact) mass is 226 g/mol. The Labute approximate surface area is 96.1 Å². The lowest BCUT2D eigenvalue weighted by Gasteiger charge is -2.33. The fourth-order valence-corrected chi connectivity index (χ4v) is 2.01. The predicted molar refractivity (Wildman–Crippen MR) is 62.9 cm³/mol. The van der Waals surface area contributed by atoms with Gasteiger partial charge in [-0.3, -0.25) is 4.90 Å². The summed E-state index contributed by atoms with van der Waals surface area (Å²) in [5.74, 6) is 1.99. The van der Waals surface area contributed by atoms with Crippen LogP contribution in [0, 0.1) is 5.41 Å². The van der Waals surface area contributed by atoms with Crippen LogP contribution in [0.5, 0.6) is 0 Å². The number of hydrogen-bond acceptors (Lipinski definition) is 4. The van der Waals surface area contributed by atoms with E-state index in [0.29, 0.717) is 0 Å². The predicted octanol–water partition coefficient (Wildman–Crippen LogP) is 1.05. The molecule has 1 aliphatic rings. The Morgan fingerprint density at radius 1 is 1.47 bits per heavy atom. The van der Waals surface area contributed by atoms with E-state index in [4.69, 9.17) is 0 Å². The van der Waals surface area contributed by atoms with Crippen molar-refractivity contribution < 1.29 is 0 Å². The van der Waals surface area contributed by atoms with Gasteiger partial charge in [0.1, 0.15) is 12.2 Å². The Morgan fingerprint density at radius 2 is 2.27 bits per heavy atom. The van der Waals surface area contributed by atoms with Gasteiger partial charge in [0.15, 0.2) is 0 Å². The molecule has 0 amide bonds. The van der Waals surface area contributed by atoms with Crippen molar-refractivity contribution in [2.24, 2.45) is 5.41 Å². The highest BCUT2D eigenvalue weighted by Gasteiger charge is 2.24. The highest BCUT2D eigenvalue weighted by molar-refractivity contribution is 7.80. The molecule has 0 atom stereocenters. The number of aromatic nitrogens is 3. The molecule has 0 bridgehead atoms. The molecule has 2 rings (SSSR count). The van der Waals surface area contributed by atoms with E-state index >= 15 is 0 Å². The zero-order valence-corrected chi connectivity index (χ0v) is 10.2. The van der Waals surface area contributed by atoms with Crippen LogP contribution >= 0.6 is 12.6 Å². The smallest absolute Gasteiger partial charge is 0.147 e. The maximum Gasteiger partial charge on any atom is 0.147 e. The number of rotatable bonds is 3. The van der Waals surface area contributed by atoms with Crippen LogP contribution in [0.25, 0.3) is 0 Å². The quantitative estimate of drug-likeness (QED) is 0.782. The molecule has 0 aliphatic carbocycles. The molecule has 1 aliphatic heterocycles. The molecule has 0 unspecified atom stereocenters. The summed E-state index contributed by atoms with van der Waals surface area (Å²) >= 11 is 4.38. The third-order valence-electron chi connectivity index (χ3n) is 2.80. The van der Waals surface area contributed by atoms with E-state index in [-0.39, 0.29) is 5.41 Å². The van der Waals surface area contributed by atoms with E-state index in [9.17, 15) is 0 Å². The molecule has 15 heavy (non-hydrogen) atoms. The molecule has 84 valence electrons.